The van der Waals surface area contributed by atoms with Gasteiger partial charge in [-0.05, 0) is 56.7 Å². The molecule has 0 aromatic heterocycles. The smallest absolute Gasteiger partial charge is 0.578 e. The van der Waals surface area contributed by atoms with Gasteiger partial charge in [0.15, 0.2) is 16.5 Å². The molecule has 3 N–H and O–H groups in total. The Morgan fingerprint density at radius 2 is 1.74 bits per heavy atom. The largest absolute Gasteiger partial charge is 0.604 e. The molecule has 2 aliphatic rings. The zero-order valence-corrected chi connectivity index (χ0v) is 23.4. The van der Waals surface area contributed by atoms with Crippen molar-refractivity contribution in [1.29, 1.82) is 0 Å². The van der Waals surface area contributed by atoms with Gasteiger partial charge in [0.2, 0.25) is 5.91 Å². The number of carbonyl (C=O) groups excluding carboxylic acids is 2. The third kappa shape index (κ3) is 7.46. The van der Waals surface area contributed by atoms with Crippen molar-refractivity contribution in [2.45, 2.75) is 67.5 Å². The summed E-state index contributed by atoms with van der Waals surface area (Å²) in [6, 6.07) is 6.26. The van der Waals surface area contributed by atoms with Crippen molar-refractivity contribution in [1.82, 2.24) is 5.32 Å². The number of alkyl halides is 3. The summed E-state index contributed by atoms with van der Waals surface area (Å²) in [5.74, 6) is -4.23. The number of ether oxygens (including phenoxy) is 2. The van der Waals surface area contributed by atoms with Crippen molar-refractivity contribution in [3.05, 3.63) is 47.8 Å². The van der Waals surface area contributed by atoms with Crippen molar-refractivity contribution < 1.29 is 51.1 Å². The van der Waals surface area contributed by atoms with Crippen LogP contribution in [0.15, 0.2) is 41.3 Å². The van der Waals surface area contributed by atoms with Crippen molar-refractivity contribution in [3.63, 3.8) is 0 Å². The van der Waals surface area contributed by atoms with Gasteiger partial charge in [-0.15, -0.1) is 13.2 Å². The fourth-order valence-corrected chi connectivity index (χ4v) is 6.03. The second kappa shape index (κ2) is 13.2. The summed E-state index contributed by atoms with van der Waals surface area (Å²) in [4.78, 5) is 37.0. The maximum atomic E-state index is 14.8. The van der Waals surface area contributed by atoms with Crippen LogP contribution < -0.4 is 20.1 Å². The minimum atomic E-state index is -4.95. The number of methoxy groups -OCH3 is 1. The first kappa shape index (κ1) is 31.4. The maximum absolute atomic E-state index is 14.8. The molecule has 228 valence electrons. The van der Waals surface area contributed by atoms with Crippen molar-refractivity contribution >= 4 is 34.6 Å². The SMILES string of the molecule is COc1cc(F)c(OC2CCC(C(=O)O)CC2)cc1C(=O)NC1CCCC1C(=O)Nc1cccc([S+]([O-])C(F)(F)F)c1. The van der Waals surface area contributed by atoms with E-state index in [4.69, 9.17) is 9.47 Å². The molecule has 3 atom stereocenters. The first-order valence-electron chi connectivity index (χ1n) is 13.3. The molecule has 0 radical (unpaired) electrons. The molecule has 0 heterocycles. The lowest BCUT2D eigenvalue weighted by Crippen LogP contribution is -2.42. The third-order valence-electron chi connectivity index (χ3n) is 7.51. The van der Waals surface area contributed by atoms with Gasteiger partial charge in [0, 0.05) is 23.9 Å². The monoisotopic (exact) mass is 614 g/mol. The number of nitrogens with one attached hydrogen (secondary N) is 2. The molecule has 2 aromatic carbocycles. The molecule has 2 fully saturated rings. The van der Waals surface area contributed by atoms with Crippen LogP contribution in [0.3, 0.4) is 0 Å². The predicted molar refractivity (Wildman–Crippen MR) is 143 cm³/mol. The molecule has 0 bridgehead atoms. The number of carbonyl (C=O) groups is 3. The van der Waals surface area contributed by atoms with E-state index < -0.39 is 69.2 Å². The zero-order valence-electron chi connectivity index (χ0n) is 22.5. The Hall–Kier alpha value is -3.52. The molecular formula is C28H30F4N2O7S. The number of anilines is 1. The normalized spacial score (nSPS) is 23.1. The lowest BCUT2D eigenvalue weighted by atomic mass is 9.87. The number of carboxylic acids is 1. The van der Waals surface area contributed by atoms with E-state index in [1.165, 1.54) is 25.3 Å². The van der Waals surface area contributed by atoms with Gasteiger partial charge in [0.1, 0.15) is 5.75 Å². The fourth-order valence-electron chi connectivity index (χ4n) is 5.33. The van der Waals surface area contributed by atoms with Gasteiger partial charge in [-0.3, -0.25) is 14.4 Å². The lowest BCUT2D eigenvalue weighted by molar-refractivity contribution is -0.143. The number of hydrogen-bond donors (Lipinski definition) is 3. The Balaban J connectivity index is 1.44. The molecule has 0 aliphatic heterocycles. The standard InChI is InChI=1S/C28H30F4N2O7S/c1-40-23-14-21(29)24(41-17-10-8-15(9-11-17)27(37)38)13-20(23)26(36)34-22-7-3-6-19(22)25(35)33-16-4-2-5-18(12-16)42(39)28(30,31)32/h2,4-5,12-15,17,19,22H,3,6-11H2,1H3,(H,33,35)(H,34,36)(H,37,38). The van der Waals surface area contributed by atoms with Gasteiger partial charge in [-0.1, -0.05) is 12.5 Å². The number of aliphatic carboxylic acids is 1. The molecule has 0 spiro atoms. The summed E-state index contributed by atoms with van der Waals surface area (Å²) >= 11 is -3.26. The first-order chi connectivity index (χ1) is 19.9. The number of benzene rings is 2. The van der Waals surface area contributed by atoms with Gasteiger partial charge >= 0.3 is 11.5 Å². The summed E-state index contributed by atoms with van der Waals surface area (Å²) in [7, 11) is 1.27. The van der Waals surface area contributed by atoms with Crippen LogP contribution in [0.4, 0.5) is 23.2 Å². The minimum absolute atomic E-state index is 0.0264. The highest BCUT2D eigenvalue weighted by Gasteiger charge is 2.46. The average Bonchev–Trinajstić information content (AvgIpc) is 3.41. The zero-order chi connectivity index (χ0) is 30.6. The predicted octanol–water partition coefficient (Wildman–Crippen LogP) is 5.02. The van der Waals surface area contributed by atoms with Gasteiger partial charge in [-0.25, -0.2) is 4.39 Å². The topological polar surface area (TPSA) is 137 Å². The molecule has 14 heteroatoms. The van der Waals surface area contributed by atoms with Crippen molar-refractivity contribution in [2.24, 2.45) is 11.8 Å². The highest BCUT2D eigenvalue weighted by molar-refractivity contribution is 7.92. The van der Waals surface area contributed by atoms with E-state index in [0.717, 1.165) is 18.2 Å². The van der Waals surface area contributed by atoms with E-state index in [0.29, 0.717) is 44.9 Å². The highest BCUT2D eigenvalue weighted by atomic mass is 32.2. The van der Waals surface area contributed by atoms with E-state index in [-0.39, 0.29) is 22.7 Å². The van der Waals surface area contributed by atoms with Crippen LogP contribution in [0.25, 0.3) is 0 Å². The second-order valence-corrected chi connectivity index (χ2v) is 11.7. The number of rotatable bonds is 9. The van der Waals surface area contributed by atoms with E-state index in [1.54, 1.807) is 0 Å². The van der Waals surface area contributed by atoms with Crippen LogP contribution >= 0.6 is 0 Å². The highest BCUT2D eigenvalue weighted by Crippen LogP contribution is 2.34. The second-order valence-electron chi connectivity index (χ2n) is 10.3. The average molecular weight is 615 g/mol. The van der Waals surface area contributed by atoms with Gasteiger partial charge in [0.25, 0.3) is 5.91 Å². The molecule has 3 unspecified atom stereocenters. The molecule has 2 aliphatic carbocycles. The Morgan fingerprint density at radius 3 is 2.38 bits per heavy atom. The fraction of sp³-hybridized carbons (Fsp3) is 0.464. The summed E-state index contributed by atoms with van der Waals surface area (Å²) < 4.78 is 76.0. The summed E-state index contributed by atoms with van der Waals surface area (Å²) in [6.45, 7) is 0. The van der Waals surface area contributed by atoms with Crippen LogP contribution in [0.1, 0.15) is 55.3 Å². The van der Waals surface area contributed by atoms with E-state index in [9.17, 15) is 41.6 Å². The minimum Gasteiger partial charge on any atom is -0.604 e. The van der Waals surface area contributed by atoms with E-state index in [2.05, 4.69) is 10.6 Å². The van der Waals surface area contributed by atoms with Crippen LogP contribution in [0.2, 0.25) is 0 Å². The molecule has 42 heavy (non-hydrogen) atoms. The number of carboxylic acid groups (broad SMARTS) is 1. The molecule has 2 saturated carbocycles. The van der Waals surface area contributed by atoms with Crippen LogP contribution in [0.5, 0.6) is 11.5 Å². The van der Waals surface area contributed by atoms with Gasteiger partial charge in [0.05, 0.1) is 41.8 Å². The molecular weight excluding hydrogens is 584 g/mol. The van der Waals surface area contributed by atoms with E-state index >= 15 is 0 Å². The number of halogens is 4. The summed E-state index contributed by atoms with van der Waals surface area (Å²) in [5.41, 5.74) is -4.94. The van der Waals surface area contributed by atoms with Crippen LogP contribution in [-0.2, 0) is 20.8 Å². The number of hydrogen-bond acceptors (Lipinski definition) is 6. The first-order valence-corrected chi connectivity index (χ1v) is 14.5. The number of amides is 2. The maximum Gasteiger partial charge on any atom is 0.578 e. The Bertz CT molecular complexity index is 1320. The summed E-state index contributed by atoms with van der Waals surface area (Å²) in [6.07, 6.45) is 2.63. The van der Waals surface area contributed by atoms with Crippen LogP contribution in [0, 0.1) is 17.7 Å². The Morgan fingerprint density at radius 1 is 1.02 bits per heavy atom. The quantitative estimate of drug-likeness (QED) is 0.267. The van der Waals surface area contributed by atoms with Gasteiger partial charge in [-0.2, -0.15) is 0 Å². The van der Waals surface area contributed by atoms with Crippen molar-refractivity contribution in [3.8, 4) is 11.5 Å². The molecule has 2 amide bonds. The molecule has 0 saturated heterocycles. The van der Waals surface area contributed by atoms with Crippen molar-refractivity contribution in [2.75, 3.05) is 12.4 Å². The van der Waals surface area contributed by atoms with Gasteiger partial charge < -0.3 is 29.8 Å². The molecule has 9 nitrogen and oxygen atoms in total. The Labute approximate surface area is 242 Å². The molecule has 2 aromatic rings. The third-order valence-corrected chi connectivity index (χ3v) is 8.61. The molecule has 4 rings (SSSR count). The summed E-state index contributed by atoms with van der Waals surface area (Å²) in [5, 5.41) is 14.5. The lowest BCUT2D eigenvalue weighted by Gasteiger charge is -2.27. The van der Waals surface area contributed by atoms with E-state index in [1.807, 2.05) is 0 Å². The van der Waals surface area contributed by atoms with Crippen LogP contribution in [-0.4, -0.2) is 52.2 Å². The Kier molecular flexibility index (Phi) is 9.87.